The molecule has 0 radical (unpaired) electrons. The molecule has 1 amide bonds. The lowest BCUT2D eigenvalue weighted by atomic mass is 10.1. The maximum absolute atomic E-state index is 12.3. The van der Waals surface area contributed by atoms with E-state index in [1.54, 1.807) is 27.7 Å². The van der Waals surface area contributed by atoms with E-state index in [1.165, 1.54) is 11.7 Å². The number of rotatable bonds is 9. The molecule has 11 nitrogen and oxygen atoms in total. The van der Waals surface area contributed by atoms with Crippen molar-refractivity contribution in [2.24, 2.45) is 11.8 Å². The molecule has 186 valence electrons. The van der Waals surface area contributed by atoms with E-state index in [9.17, 15) is 14.4 Å². The van der Waals surface area contributed by atoms with E-state index in [0.717, 1.165) is 0 Å². The maximum Gasteiger partial charge on any atom is 0.308 e. The summed E-state index contributed by atoms with van der Waals surface area (Å²) in [6, 6.07) is 0. The molecule has 1 saturated heterocycles. The van der Waals surface area contributed by atoms with Crippen molar-refractivity contribution in [3.8, 4) is 5.88 Å². The molecule has 13 heteroatoms. The van der Waals surface area contributed by atoms with Crippen LogP contribution >= 0.6 is 23.2 Å². The van der Waals surface area contributed by atoms with Crippen molar-refractivity contribution in [3.05, 3.63) is 10.2 Å². The number of amides is 1. The average molecular weight is 517 g/mol. The molecule has 3 atom stereocenters. The van der Waals surface area contributed by atoms with Crippen LogP contribution in [0.1, 0.15) is 40.3 Å². The number of hydrogen-bond acceptors (Lipinski definition) is 9. The molecular weight excluding hydrogens is 491 g/mol. The van der Waals surface area contributed by atoms with Crippen LogP contribution in [0.25, 0.3) is 11.0 Å². The van der Waals surface area contributed by atoms with E-state index >= 15 is 0 Å². The van der Waals surface area contributed by atoms with Gasteiger partial charge in [-0.25, -0.2) is 0 Å². The molecule has 34 heavy (non-hydrogen) atoms. The monoisotopic (exact) mass is 516 g/mol. The largest absolute Gasteiger partial charge is 0.480 e. The summed E-state index contributed by atoms with van der Waals surface area (Å²) in [5.74, 6) is -1.45. The Morgan fingerprint density at radius 3 is 2.47 bits per heavy atom. The Labute approximate surface area is 206 Å². The summed E-state index contributed by atoms with van der Waals surface area (Å²) in [7, 11) is 1.39. The molecular formula is C21H26Cl2N4O7. The Morgan fingerprint density at radius 2 is 1.88 bits per heavy atom. The first-order chi connectivity index (χ1) is 16.1. The van der Waals surface area contributed by atoms with Crippen molar-refractivity contribution < 1.29 is 33.3 Å². The van der Waals surface area contributed by atoms with Gasteiger partial charge in [0.05, 0.1) is 24.0 Å². The van der Waals surface area contributed by atoms with Crippen molar-refractivity contribution in [1.82, 2.24) is 14.5 Å². The maximum atomic E-state index is 12.3. The molecule has 0 aliphatic carbocycles. The average Bonchev–Trinajstić information content (AvgIpc) is 3.29. The zero-order valence-electron chi connectivity index (χ0n) is 19.3. The van der Waals surface area contributed by atoms with Gasteiger partial charge in [-0.15, -0.1) is 0 Å². The fraction of sp³-hybridized carbons (Fsp3) is 0.571. The second kappa shape index (κ2) is 10.7. The quantitative estimate of drug-likeness (QED) is 0.393. The van der Waals surface area contributed by atoms with Gasteiger partial charge in [-0.3, -0.25) is 24.3 Å². The Bertz CT molecular complexity index is 1090. The number of carbonyl (C=O) groups excluding carboxylic acids is 3. The van der Waals surface area contributed by atoms with Crippen LogP contribution in [-0.2, 0) is 28.6 Å². The molecule has 3 heterocycles. The van der Waals surface area contributed by atoms with E-state index in [-0.39, 0.29) is 52.5 Å². The zero-order chi connectivity index (χ0) is 25.2. The lowest BCUT2D eigenvalue weighted by Gasteiger charge is -2.20. The van der Waals surface area contributed by atoms with E-state index in [4.69, 9.17) is 42.1 Å². The number of nitrogens with zero attached hydrogens (tertiary/aromatic N) is 3. The van der Waals surface area contributed by atoms with Gasteiger partial charge in [0, 0.05) is 6.42 Å². The Hall–Kier alpha value is -2.63. The van der Waals surface area contributed by atoms with Crippen molar-refractivity contribution >= 4 is 58.5 Å². The van der Waals surface area contributed by atoms with Crippen LogP contribution in [0.5, 0.6) is 5.88 Å². The molecule has 1 N–H and O–H groups in total. The summed E-state index contributed by atoms with van der Waals surface area (Å²) in [5, 5.41) is 2.90. The van der Waals surface area contributed by atoms with E-state index in [0.29, 0.717) is 11.8 Å². The van der Waals surface area contributed by atoms with Crippen LogP contribution in [0.3, 0.4) is 0 Å². The Kier molecular flexibility index (Phi) is 8.21. The second-order valence-electron chi connectivity index (χ2n) is 8.27. The van der Waals surface area contributed by atoms with Gasteiger partial charge in [0.1, 0.15) is 35.6 Å². The number of fused-ring (bicyclic) bond motifs is 1. The van der Waals surface area contributed by atoms with Crippen LogP contribution in [0.4, 0.5) is 5.95 Å². The summed E-state index contributed by atoms with van der Waals surface area (Å²) in [4.78, 5) is 43.7. The van der Waals surface area contributed by atoms with Crippen molar-refractivity contribution in [2.75, 3.05) is 19.0 Å². The topological polar surface area (TPSA) is 131 Å². The van der Waals surface area contributed by atoms with Gasteiger partial charge >= 0.3 is 11.9 Å². The first-order valence-corrected chi connectivity index (χ1v) is 11.4. The SMILES string of the molecule is COc1nc(NC=O)nc2c1c(Cl)c(Cl)n2[C@@H]1C[C@H](OC(=O)C(C)C)[C@@H](COC(=O)C(C)C)O1. The summed E-state index contributed by atoms with van der Waals surface area (Å²) < 4.78 is 23.9. The Balaban J connectivity index is 2.00. The smallest absolute Gasteiger partial charge is 0.308 e. The minimum Gasteiger partial charge on any atom is -0.480 e. The number of carbonyl (C=O) groups is 3. The molecule has 2 aromatic heterocycles. The lowest BCUT2D eigenvalue weighted by Crippen LogP contribution is -2.33. The predicted octanol–water partition coefficient (Wildman–Crippen LogP) is 3.37. The van der Waals surface area contributed by atoms with E-state index in [2.05, 4.69) is 15.3 Å². The summed E-state index contributed by atoms with van der Waals surface area (Å²) in [6.45, 7) is 6.73. The number of nitrogens with one attached hydrogen (secondary N) is 1. The molecule has 1 aliphatic heterocycles. The first-order valence-electron chi connectivity index (χ1n) is 10.6. The molecule has 1 fully saturated rings. The molecule has 0 aromatic carbocycles. The summed E-state index contributed by atoms with van der Waals surface area (Å²) in [6.07, 6.45) is -1.64. The predicted molar refractivity (Wildman–Crippen MR) is 123 cm³/mol. The number of halogens is 2. The number of aromatic nitrogens is 3. The van der Waals surface area contributed by atoms with E-state index < -0.39 is 30.4 Å². The van der Waals surface area contributed by atoms with Crippen molar-refractivity contribution in [3.63, 3.8) is 0 Å². The minimum absolute atomic E-state index is 0.0328. The van der Waals surface area contributed by atoms with Gasteiger partial charge in [0.25, 0.3) is 0 Å². The van der Waals surface area contributed by atoms with Gasteiger partial charge in [-0.05, 0) is 0 Å². The number of ether oxygens (including phenoxy) is 4. The van der Waals surface area contributed by atoms with Gasteiger partial charge < -0.3 is 18.9 Å². The molecule has 0 saturated carbocycles. The number of hydrogen-bond donors (Lipinski definition) is 1. The standard InChI is InChI=1S/C21H26Cl2N4O7/c1-9(2)19(29)32-7-12-11(34-20(30)10(3)4)6-13(33-12)27-16(23)15(22)14-17(27)25-21(24-8-28)26-18(14)31-5/h8-13H,6-7H2,1-5H3,(H,24,25,26,28)/t11-,12+,13-/m0/s1. The molecule has 0 unspecified atom stereocenters. The summed E-state index contributed by atoms with van der Waals surface area (Å²) >= 11 is 13.0. The number of esters is 2. The summed E-state index contributed by atoms with van der Waals surface area (Å²) in [5.41, 5.74) is 0.241. The molecule has 2 aromatic rings. The highest BCUT2D eigenvalue weighted by Crippen LogP contribution is 2.44. The number of anilines is 1. The van der Waals surface area contributed by atoms with Gasteiger partial charge in [0.2, 0.25) is 18.2 Å². The Morgan fingerprint density at radius 1 is 1.21 bits per heavy atom. The number of methoxy groups -OCH3 is 1. The first kappa shape index (κ1) is 26.0. The second-order valence-corrected chi connectivity index (χ2v) is 9.01. The zero-order valence-corrected chi connectivity index (χ0v) is 20.8. The highest BCUT2D eigenvalue weighted by molar-refractivity contribution is 6.45. The third-order valence-corrected chi connectivity index (χ3v) is 5.98. The fourth-order valence-electron chi connectivity index (χ4n) is 3.37. The third kappa shape index (κ3) is 5.21. The molecule has 1 aliphatic rings. The van der Waals surface area contributed by atoms with Crippen LogP contribution in [0.2, 0.25) is 10.2 Å². The molecule has 3 rings (SSSR count). The normalized spacial score (nSPS) is 20.1. The van der Waals surface area contributed by atoms with Gasteiger partial charge in [-0.2, -0.15) is 9.97 Å². The van der Waals surface area contributed by atoms with Crippen LogP contribution in [-0.4, -0.2) is 58.8 Å². The van der Waals surface area contributed by atoms with Gasteiger partial charge in [-0.1, -0.05) is 50.9 Å². The van der Waals surface area contributed by atoms with Crippen LogP contribution < -0.4 is 10.1 Å². The fourth-order valence-corrected chi connectivity index (χ4v) is 3.91. The van der Waals surface area contributed by atoms with Crippen molar-refractivity contribution in [2.45, 2.75) is 52.6 Å². The van der Waals surface area contributed by atoms with Gasteiger partial charge in [0.15, 0.2) is 5.65 Å². The van der Waals surface area contributed by atoms with E-state index in [1.807, 2.05) is 0 Å². The lowest BCUT2D eigenvalue weighted by molar-refractivity contribution is -0.162. The molecule has 0 spiro atoms. The highest BCUT2D eigenvalue weighted by atomic mass is 35.5. The highest BCUT2D eigenvalue weighted by Gasteiger charge is 2.42. The third-order valence-electron chi connectivity index (χ3n) is 5.15. The molecule has 0 bridgehead atoms. The van der Waals surface area contributed by atoms with Crippen molar-refractivity contribution in [1.29, 1.82) is 0 Å². The van der Waals surface area contributed by atoms with Crippen LogP contribution in [0, 0.1) is 11.8 Å². The van der Waals surface area contributed by atoms with Crippen LogP contribution in [0.15, 0.2) is 0 Å². The minimum atomic E-state index is -0.779.